The molecule has 0 N–H and O–H groups in total. The molecular formula is C10H19OS. The van der Waals surface area contributed by atoms with Crippen molar-refractivity contribution in [1.29, 1.82) is 0 Å². The van der Waals surface area contributed by atoms with Crippen LogP contribution in [0.3, 0.4) is 0 Å². The molecule has 1 aliphatic carbocycles. The lowest BCUT2D eigenvalue weighted by atomic mass is 9.86. The van der Waals surface area contributed by atoms with E-state index in [1.54, 1.807) is 6.26 Å². The minimum Gasteiger partial charge on any atom is -0.616 e. The van der Waals surface area contributed by atoms with E-state index >= 15 is 0 Å². The molecule has 0 heterocycles. The van der Waals surface area contributed by atoms with Crippen molar-refractivity contribution in [2.75, 3.05) is 6.26 Å². The topological polar surface area (TPSA) is 23.1 Å². The Hall–Kier alpha value is 0.310. The lowest BCUT2D eigenvalue weighted by Gasteiger charge is -2.24. The van der Waals surface area contributed by atoms with Crippen LogP contribution in [-0.2, 0) is 11.2 Å². The average molecular weight is 187 g/mol. The molecule has 0 spiro atoms. The molecule has 71 valence electrons. The molecule has 0 aromatic heterocycles. The summed E-state index contributed by atoms with van der Waals surface area (Å²) in [4.78, 5) is 0. The predicted molar refractivity (Wildman–Crippen MR) is 54.4 cm³/mol. The lowest BCUT2D eigenvalue weighted by molar-refractivity contribution is 0.340. The fourth-order valence-corrected chi connectivity index (χ4v) is 2.47. The van der Waals surface area contributed by atoms with Gasteiger partial charge >= 0.3 is 0 Å². The normalized spacial score (nSPS) is 25.2. The molecule has 2 heteroatoms. The summed E-state index contributed by atoms with van der Waals surface area (Å²) in [5, 5.41) is 0.160. The second kappa shape index (κ2) is 5.13. The van der Waals surface area contributed by atoms with E-state index in [-0.39, 0.29) is 5.25 Å². The van der Waals surface area contributed by atoms with Gasteiger partial charge in [0.05, 0.1) is 6.26 Å². The SMILES string of the molecule is [CH2]C(CC1CCCCC1)[S+](C)[O-]. The van der Waals surface area contributed by atoms with Crippen LogP contribution < -0.4 is 0 Å². The molecule has 2 unspecified atom stereocenters. The third-order valence-electron chi connectivity index (χ3n) is 2.79. The van der Waals surface area contributed by atoms with Crippen LogP contribution in [0.5, 0.6) is 0 Å². The minimum absolute atomic E-state index is 0.160. The fourth-order valence-electron chi connectivity index (χ4n) is 1.93. The van der Waals surface area contributed by atoms with Crippen molar-refractivity contribution in [1.82, 2.24) is 0 Å². The third-order valence-corrected chi connectivity index (χ3v) is 3.92. The first-order chi connectivity index (χ1) is 5.70. The maximum absolute atomic E-state index is 11.1. The molecule has 12 heavy (non-hydrogen) atoms. The van der Waals surface area contributed by atoms with Crippen LogP contribution in [0.2, 0.25) is 0 Å². The van der Waals surface area contributed by atoms with Crippen LogP contribution in [0, 0.1) is 12.8 Å². The van der Waals surface area contributed by atoms with Crippen molar-refractivity contribution >= 4 is 11.2 Å². The van der Waals surface area contributed by atoms with Crippen molar-refractivity contribution in [3.63, 3.8) is 0 Å². The molecule has 1 nitrogen and oxygen atoms in total. The smallest absolute Gasteiger partial charge is 0.115 e. The Morgan fingerprint density at radius 1 is 1.42 bits per heavy atom. The van der Waals surface area contributed by atoms with E-state index in [1.165, 1.54) is 32.1 Å². The van der Waals surface area contributed by atoms with E-state index in [4.69, 9.17) is 0 Å². The fraction of sp³-hybridized carbons (Fsp3) is 0.900. The summed E-state index contributed by atoms with van der Waals surface area (Å²) < 4.78 is 11.1. The highest BCUT2D eigenvalue weighted by atomic mass is 32.2. The quantitative estimate of drug-likeness (QED) is 0.623. The molecule has 0 aliphatic heterocycles. The highest BCUT2D eigenvalue weighted by molar-refractivity contribution is 7.91. The molecule has 1 saturated carbocycles. The lowest BCUT2D eigenvalue weighted by Crippen LogP contribution is -2.21. The van der Waals surface area contributed by atoms with Crippen LogP contribution in [0.15, 0.2) is 0 Å². The largest absolute Gasteiger partial charge is 0.616 e. The van der Waals surface area contributed by atoms with E-state index in [2.05, 4.69) is 6.92 Å². The van der Waals surface area contributed by atoms with Crippen LogP contribution in [0.25, 0.3) is 0 Å². The Bertz CT molecular complexity index is 119. The summed E-state index contributed by atoms with van der Waals surface area (Å²) in [6.07, 6.45) is 9.64. The Kier molecular flexibility index (Phi) is 4.44. The van der Waals surface area contributed by atoms with E-state index < -0.39 is 11.2 Å². The maximum Gasteiger partial charge on any atom is 0.115 e. The summed E-state index contributed by atoms with van der Waals surface area (Å²) in [6.45, 7) is 3.93. The summed E-state index contributed by atoms with van der Waals surface area (Å²) in [7, 11) is 0. The number of hydrogen-bond acceptors (Lipinski definition) is 1. The average Bonchev–Trinajstić information content (AvgIpc) is 2.06. The number of hydrogen-bond donors (Lipinski definition) is 0. The molecule has 1 rings (SSSR count). The van der Waals surface area contributed by atoms with Gasteiger partial charge in [-0.15, -0.1) is 0 Å². The molecule has 1 radical (unpaired) electrons. The molecule has 0 saturated heterocycles. The first-order valence-electron chi connectivity index (χ1n) is 4.85. The monoisotopic (exact) mass is 187 g/mol. The molecule has 1 fully saturated rings. The van der Waals surface area contributed by atoms with Crippen molar-refractivity contribution < 1.29 is 4.55 Å². The van der Waals surface area contributed by atoms with Gasteiger partial charge in [0.2, 0.25) is 0 Å². The second-order valence-electron chi connectivity index (χ2n) is 3.86. The zero-order valence-corrected chi connectivity index (χ0v) is 8.74. The molecular weight excluding hydrogens is 168 g/mol. The van der Waals surface area contributed by atoms with Gasteiger partial charge in [-0.3, -0.25) is 0 Å². The van der Waals surface area contributed by atoms with Crippen LogP contribution in [0.1, 0.15) is 38.5 Å². The second-order valence-corrected chi connectivity index (χ2v) is 5.52. The van der Waals surface area contributed by atoms with Gasteiger partial charge in [-0.25, -0.2) is 0 Å². The Balaban J connectivity index is 2.20. The first kappa shape index (κ1) is 10.4. The van der Waals surface area contributed by atoms with Crippen LogP contribution >= 0.6 is 0 Å². The Morgan fingerprint density at radius 3 is 2.50 bits per heavy atom. The van der Waals surface area contributed by atoms with E-state index in [1.807, 2.05) is 0 Å². The summed E-state index contributed by atoms with van der Waals surface area (Å²) in [6, 6.07) is 0. The van der Waals surface area contributed by atoms with Gasteiger partial charge in [0.1, 0.15) is 5.25 Å². The van der Waals surface area contributed by atoms with E-state index in [9.17, 15) is 4.55 Å². The van der Waals surface area contributed by atoms with Crippen LogP contribution in [-0.4, -0.2) is 16.1 Å². The zero-order chi connectivity index (χ0) is 8.97. The Labute approximate surface area is 79.1 Å². The van der Waals surface area contributed by atoms with Crippen molar-refractivity contribution in [2.45, 2.75) is 43.8 Å². The first-order valence-corrected chi connectivity index (χ1v) is 6.47. The van der Waals surface area contributed by atoms with Gasteiger partial charge in [-0.2, -0.15) is 0 Å². The standard InChI is InChI=1S/C10H19OS/c1-9(12(2)11)8-10-6-4-3-5-7-10/h9-10H,1,3-8H2,2H3. The van der Waals surface area contributed by atoms with Gasteiger partial charge in [-0.05, 0) is 19.3 Å². The van der Waals surface area contributed by atoms with Crippen molar-refractivity contribution in [3.05, 3.63) is 6.92 Å². The maximum atomic E-state index is 11.1. The molecule has 0 amide bonds. The van der Waals surface area contributed by atoms with Gasteiger partial charge in [0, 0.05) is 0 Å². The molecule has 0 aromatic carbocycles. The van der Waals surface area contributed by atoms with Gasteiger partial charge in [-0.1, -0.05) is 43.3 Å². The summed E-state index contributed by atoms with van der Waals surface area (Å²) >= 11 is -0.723. The highest BCUT2D eigenvalue weighted by Crippen LogP contribution is 2.28. The van der Waals surface area contributed by atoms with E-state index in [0.717, 1.165) is 12.3 Å². The zero-order valence-electron chi connectivity index (χ0n) is 7.92. The predicted octanol–water partition coefficient (Wildman–Crippen LogP) is 2.54. The van der Waals surface area contributed by atoms with Crippen molar-refractivity contribution in [3.8, 4) is 0 Å². The van der Waals surface area contributed by atoms with Gasteiger partial charge in [0.25, 0.3) is 0 Å². The minimum atomic E-state index is -0.723. The molecule has 0 aromatic rings. The van der Waals surface area contributed by atoms with Crippen LogP contribution in [0.4, 0.5) is 0 Å². The number of rotatable bonds is 3. The summed E-state index contributed by atoms with van der Waals surface area (Å²) in [5.74, 6) is 0.810. The third kappa shape index (κ3) is 3.36. The highest BCUT2D eigenvalue weighted by Gasteiger charge is 2.20. The van der Waals surface area contributed by atoms with Gasteiger partial charge < -0.3 is 4.55 Å². The molecule has 2 atom stereocenters. The van der Waals surface area contributed by atoms with Gasteiger partial charge in [0.15, 0.2) is 0 Å². The summed E-state index contributed by atoms with van der Waals surface area (Å²) in [5.41, 5.74) is 0. The Morgan fingerprint density at radius 2 is 2.00 bits per heavy atom. The van der Waals surface area contributed by atoms with E-state index in [0.29, 0.717) is 0 Å². The van der Waals surface area contributed by atoms with Crippen molar-refractivity contribution in [2.24, 2.45) is 5.92 Å². The molecule has 0 bridgehead atoms. The molecule has 1 aliphatic rings.